The zero-order chi connectivity index (χ0) is 11.4. The molecule has 1 N–H and O–H groups in total. The van der Waals surface area contributed by atoms with Gasteiger partial charge in [0.25, 0.3) is 0 Å². The molecule has 4 heteroatoms. The topological polar surface area (TPSA) is 49.8 Å². The maximum atomic E-state index is 12.0. The fourth-order valence-corrected chi connectivity index (χ4v) is 2.51. The van der Waals surface area contributed by atoms with Gasteiger partial charge in [0.05, 0.1) is 6.10 Å². The van der Waals surface area contributed by atoms with Crippen LogP contribution in [0.15, 0.2) is 0 Å². The normalized spacial score (nSPS) is 28.1. The second-order valence-electron chi connectivity index (χ2n) is 4.90. The van der Waals surface area contributed by atoms with Gasteiger partial charge in [0.15, 0.2) is 0 Å². The Bertz CT molecular complexity index is 238. The van der Waals surface area contributed by atoms with Crippen LogP contribution in [0.4, 0.5) is 0 Å². The van der Waals surface area contributed by atoms with E-state index in [0.29, 0.717) is 18.9 Å². The van der Waals surface area contributed by atoms with Crippen LogP contribution >= 0.6 is 0 Å². The lowest BCUT2D eigenvalue weighted by molar-refractivity contribution is -0.135. The number of likely N-dealkylation sites (tertiary alicyclic amines) is 1. The number of hydrogen-bond acceptors (Lipinski definition) is 3. The van der Waals surface area contributed by atoms with Gasteiger partial charge in [0, 0.05) is 32.7 Å². The Morgan fingerprint density at radius 1 is 1.31 bits per heavy atom. The highest BCUT2D eigenvalue weighted by Gasteiger charge is 2.25. The molecule has 2 rings (SSSR count). The summed E-state index contributed by atoms with van der Waals surface area (Å²) in [6, 6.07) is 0. The molecule has 0 aliphatic carbocycles. The molecular formula is C12H21NO3. The van der Waals surface area contributed by atoms with Gasteiger partial charge in [-0.1, -0.05) is 0 Å². The maximum Gasteiger partial charge on any atom is 0.222 e. The summed E-state index contributed by atoms with van der Waals surface area (Å²) in [5.74, 6) is 0.700. The SMILES string of the molecule is O=C(CC1CCOCC1)N1CCCC(O)C1. The molecule has 2 aliphatic heterocycles. The second-order valence-corrected chi connectivity index (χ2v) is 4.90. The molecular weight excluding hydrogens is 206 g/mol. The average Bonchev–Trinajstić information content (AvgIpc) is 2.30. The number of rotatable bonds is 2. The minimum absolute atomic E-state index is 0.214. The Kier molecular flexibility index (Phi) is 4.18. The van der Waals surface area contributed by atoms with E-state index in [-0.39, 0.29) is 12.0 Å². The molecule has 0 spiro atoms. The molecule has 0 aromatic heterocycles. The molecule has 2 heterocycles. The van der Waals surface area contributed by atoms with Crippen LogP contribution < -0.4 is 0 Å². The second kappa shape index (κ2) is 5.64. The monoisotopic (exact) mass is 227 g/mol. The van der Waals surface area contributed by atoms with E-state index >= 15 is 0 Å². The van der Waals surface area contributed by atoms with E-state index in [1.54, 1.807) is 0 Å². The quantitative estimate of drug-likeness (QED) is 0.758. The number of piperidine rings is 1. The number of β-amino-alcohol motifs (C(OH)–C–C–N with tert-alkyl or cyclic N) is 1. The minimum Gasteiger partial charge on any atom is -0.391 e. The summed E-state index contributed by atoms with van der Waals surface area (Å²) in [5, 5.41) is 9.52. The molecule has 0 aromatic carbocycles. The van der Waals surface area contributed by atoms with Crippen molar-refractivity contribution >= 4 is 5.91 Å². The highest BCUT2D eigenvalue weighted by atomic mass is 16.5. The first kappa shape index (κ1) is 11.9. The molecule has 92 valence electrons. The Hall–Kier alpha value is -0.610. The van der Waals surface area contributed by atoms with Crippen LogP contribution in [0.2, 0.25) is 0 Å². The first-order valence-electron chi connectivity index (χ1n) is 6.29. The summed E-state index contributed by atoms with van der Waals surface area (Å²) in [7, 11) is 0. The highest BCUT2D eigenvalue weighted by molar-refractivity contribution is 5.76. The van der Waals surface area contributed by atoms with Gasteiger partial charge in [-0.2, -0.15) is 0 Å². The molecule has 4 nitrogen and oxygen atoms in total. The lowest BCUT2D eigenvalue weighted by Crippen LogP contribution is -2.43. The first-order chi connectivity index (χ1) is 7.75. The van der Waals surface area contributed by atoms with E-state index in [1.807, 2.05) is 4.90 Å². The van der Waals surface area contributed by atoms with Crippen LogP contribution in [0.1, 0.15) is 32.1 Å². The number of carbonyl (C=O) groups is 1. The summed E-state index contributed by atoms with van der Waals surface area (Å²) in [6.45, 7) is 2.93. The van der Waals surface area contributed by atoms with Crippen molar-refractivity contribution in [1.29, 1.82) is 0 Å². The third kappa shape index (κ3) is 3.19. The summed E-state index contributed by atoms with van der Waals surface area (Å²) in [6.07, 6.45) is 4.09. The molecule has 0 radical (unpaired) electrons. The standard InChI is InChI=1S/C12H21NO3/c14-11-2-1-5-13(9-11)12(15)8-10-3-6-16-7-4-10/h10-11,14H,1-9H2. The Morgan fingerprint density at radius 2 is 2.06 bits per heavy atom. The van der Waals surface area contributed by atoms with Crippen LogP contribution in [0.3, 0.4) is 0 Å². The fourth-order valence-electron chi connectivity index (χ4n) is 2.51. The number of aliphatic hydroxyl groups excluding tert-OH is 1. The fraction of sp³-hybridized carbons (Fsp3) is 0.917. The van der Waals surface area contributed by atoms with Crippen molar-refractivity contribution in [3.63, 3.8) is 0 Å². The first-order valence-corrected chi connectivity index (χ1v) is 6.29. The van der Waals surface area contributed by atoms with Crippen molar-refractivity contribution in [1.82, 2.24) is 4.90 Å². The Balaban J connectivity index is 1.77. The summed E-state index contributed by atoms with van der Waals surface area (Å²) < 4.78 is 5.28. The van der Waals surface area contributed by atoms with E-state index in [1.165, 1.54) is 0 Å². The van der Waals surface area contributed by atoms with Gasteiger partial charge in [0.2, 0.25) is 5.91 Å². The number of aliphatic hydroxyl groups is 1. The number of hydrogen-bond donors (Lipinski definition) is 1. The smallest absolute Gasteiger partial charge is 0.222 e. The van der Waals surface area contributed by atoms with E-state index in [4.69, 9.17) is 4.74 Å². The van der Waals surface area contributed by atoms with E-state index in [2.05, 4.69) is 0 Å². The third-order valence-electron chi connectivity index (χ3n) is 3.55. The minimum atomic E-state index is -0.313. The molecule has 2 saturated heterocycles. The number of carbonyl (C=O) groups excluding carboxylic acids is 1. The van der Waals surface area contributed by atoms with Crippen molar-refractivity contribution in [2.75, 3.05) is 26.3 Å². The van der Waals surface area contributed by atoms with Crippen LogP contribution in [-0.4, -0.2) is 48.3 Å². The van der Waals surface area contributed by atoms with Gasteiger partial charge >= 0.3 is 0 Å². The lowest BCUT2D eigenvalue weighted by atomic mass is 9.95. The van der Waals surface area contributed by atoms with Crippen molar-refractivity contribution in [2.24, 2.45) is 5.92 Å². The Morgan fingerprint density at radius 3 is 2.75 bits per heavy atom. The number of nitrogens with zero attached hydrogens (tertiary/aromatic N) is 1. The van der Waals surface area contributed by atoms with Gasteiger partial charge < -0.3 is 14.7 Å². The van der Waals surface area contributed by atoms with E-state index in [9.17, 15) is 9.90 Å². The summed E-state index contributed by atoms with van der Waals surface area (Å²) in [5.41, 5.74) is 0. The van der Waals surface area contributed by atoms with Gasteiger partial charge in [-0.15, -0.1) is 0 Å². The summed E-state index contributed by atoms with van der Waals surface area (Å²) in [4.78, 5) is 13.8. The molecule has 1 atom stereocenters. The lowest BCUT2D eigenvalue weighted by Gasteiger charge is -2.32. The molecule has 16 heavy (non-hydrogen) atoms. The molecule has 0 saturated carbocycles. The predicted octanol–water partition coefficient (Wildman–Crippen LogP) is 0.786. The van der Waals surface area contributed by atoms with Gasteiger partial charge in [0.1, 0.15) is 0 Å². The maximum absolute atomic E-state index is 12.0. The summed E-state index contributed by atoms with van der Waals surface area (Å²) >= 11 is 0. The highest BCUT2D eigenvalue weighted by Crippen LogP contribution is 2.20. The zero-order valence-corrected chi connectivity index (χ0v) is 9.73. The van der Waals surface area contributed by atoms with E-state index in [0.717, 1.165) is 45.4 Å². The van der Waals surface area contributed by atoms with Crippen molar-refractivity contribution in [2.45, 2.75) is 38.2 Å². The van der Waals surface area contributed by atoms with Crippen LogP contribution in [0, 0.1) is 5.92 Å². The van der Waals surface area contributed by atoms with Gasteiger partial charge in [-0.3, -0.25) is 4.79 Å². The van der Waals surface area contributed by atoms with Crippen LogP contribution in [-0.2, 0) is 9.53 Å². The van der Waals surface area contributed by atoms with E-state index < -0.39 is 0 Å². The Labute approximate surface area is 96.6 Å². The zero-order valence-electron chi connectivity index (χ0n) is 9.73. The van der Waals surface area contributed by atoms with Gasteiger partial charge in [-0.25, -0.2) is 0 Å². The molecule has 2 fully saturated rings. The molecule has 1 amide bonds. The van der Waals surface area contributed by atoms with Gasteiger partial charge in [-0.05, 0) is 31.6 Å². The predicted molar refractivity (Wildman–Crippen MR) is 60.0 cm³/mol. The van der Waals surface area contributed by atoms with Crippen molar-refractivity contribution < 1.29 is 14.6 Å². The van der Waals surface area contributed by atoms with Crippen LogP contribution in [0.25, 0.3) is 0 Å². The average molecular weight is 227 g/mol. The molecule has 1 unspecified atom stereocenters. The molecule has 0 aromatic rings. The van der Waals surface area contributed by atoms with Crippen LogP contribution in [0.5, 0.6) is 0 Å². The molecule has 2 aliphatic rings. The van der Waals surface area contributed by atoms with Crippen molar-refractivity contribution in [3.8, 4) is 0 Å². The number of ether oxygens (including phenoxy) is 1. The number of amides is 1. The molecule has 0 bridgehead atoms. The largest absolute Gasteiger partial charge is 0.391 e. The van der Waals surface area contributed by atoms with Crippen molar-refractivity contribution in [3.05, 3.63) is 0 Å². The third-order valence-corrected chi connectivity index (χ3v) is 3.55.